The molecule has 0 aliphatic heterocycles. The molecule has 0 atom stereocenters. The maximum absolute atomic E-state index is 12.9. The van der Waals surface area contributed by atoms with Gasteiger partial charge >= 0.3 is 5.97 Å². The molecule has 1 N–H and O–H groups in total. The molecule has 4 rings (SSSR count). The van der Waals surface area contributed by atoms with Crippen molar-refractivity contribution in [2.75, 3.05) is 11.4 Å². The van der Waals surface area contributed by atoms with Gasteiger partial charge in [-0.3, -0.25) is 9.10 Å². The van der Waals surface area contributed by atoms with Gasteiger partial charge in [0.2, 0.25) is 0 Å². The van der Waals surface area contributed by atoms with Crippen LogP contribution in [-0.2, 0) is 21.4 Å². The van der Waals surface area contributed by atoms with E-state index in [1.54, 1.807) is 42.5 Å². The Hall–Kier alpha value is -3.69. The highest BCUT2D eigenvalue weighted by atomic mass is 35.5. The van der Waals surface area contributed by atoms with E-state index >= 15 is 0 Å². The molecule has 0 saturated heterocycles. The molecule has 1 heterocycles. The summed E-state index contributed by atoms with van der Waals surface area (Å²) in [5, 5.41) is 0.808. The fraction of sp³-hybridized carbons (Fsp3) is 0.125. The normalized spacial score (nSPS) is 11.4. The van der Waals surface area contributed by atoms with Crippen molar-refractivity contribution < 1.29 is 17.9 Å². The lowest BCUT2D eigenvalue weighted by Crippen LogP contribution is -2.26. The number of anilines is 1. The van der Waals surface area contributed by atoms with Crippen molar-refractivity contribution in [2.45, 2.75) is 18.4 Å². The van der Waals surface area contributed by atoms with Gasteiger partial charge in [-0.25, -0.2) is 18.2 Å². The van der Waals surface area contributed by atoms with Gasteiger partial charge in [0, 0.05) is 12.1 Å². The van der Waals surface area contributed by atoms with Gasteiger partial charge in [-0.05, 0) is 61.5 Å². The van der Waals surface area contributed by atoms with Gasteiger partial charge < -0.3 is 9.72 Å². The standard InChI is InChI=1S/C24H20ClN3O5S/c1-15-3-10-19(11-4-15)34(31,32)28(2)18-8-5-16(6-9-18)24(30)33-14-22-26-21-13-17(25)7-12-20(21)23(29)27-22/h3-13H,14H2,1-2H3,(H,26,27,29). The second-order valence-electron chi connectivity index (χ2n) is 7.58. The lowest BCUT2D eigenvalue weighted by Gasteiger charge is -2.19. The molecule has 0 spiro atoms. The fourth-order valence-corrected chi connectivity index (χ4v) is 4.62. The molecule has 10 heteroatoms. The number of aryl methyl sites for hydroxylation is 1. The van der Waals surface area contributed by atoms with E-state index in [2.05, 4.69) is 9.97 Å². The highest BCUT2D eigenvalue weighted by Crippen LogP contribution is 2.23. The Kier molecular flexibility index (Phi) is 6.41. The van der Waals surface area contributed by atoms with Crippen LogP contribution >= 0.6 is 11.6 Å². The van der Waals surface area contributed by atoms with Crippen molar-refractivity contribution in [3.8, 4) is 0 Å². The number of hydrogen-bond donors (Lipinski definition) is 1. The summed E-state index contributed by atoms with van der Waals surface area (Å²) in [5.41, 5.74) is 1.58. The quantitative estimate of drug-likeness (QED) is 0.402. The number of nitrogens with zero attached hydrogens (tertiary/aromatic N) is 2. The number of benzene rings is 3. The number of carbonyl (C=O) groups excluding carboxylic acids is 1. The van der Waals surface area contributed by atoms with Crippen LogP contribution in [0.3, 0.4) is 0 Å². The highest BCUT2D eigenvalue weighted by molar-refractivity contribution is 7.92. The lowest BCUT2D eigenvalue weighted by molar-refractivity contribution is 0.0462. The molecule has 0 bridgehead atoms. The second kappa shape index (κ2) is 9.28. The summed E-state index contributed by atoms with van der Waals surface area (Å²) in [6.07, 6.45) is 0. The number of hydrogen-bond acceptors (Lipinski definition) is 6. The van der Waals surface area contributed by atoms with Crippen LogP contribution in [0.5, 0.6) is 0 Å². The number of fused-ring (bicyclic) bond motifs is 1. The zero-order chi connectivity index (χ0) is 24.5. The fourth-order valence-electron chi connectivity index (χ4n) is 3.26. The van der Waals surface area contributed by atoms with Crippen molar-refractivity contribution in [1.29, 1.82) is 0 Å². The Morgan fingerprint density at radius 3 is 2.41 bits per heavy atom. The summed E-state index contributed by atoms with van der Waals surface area (Å²) in [7, 11) is -2.31. The molecule has 0 amide bonds. The summed E-state index contributed by atoms with van der Waals surface area (Å²) < 4.78 is 32.1. The third kappa shape index (κ3) is 4.80. The topological polar surface area (TPSA) is 109 Å². The van der Waals surface area contributed by atoms with Crippen molar-refractivity contribution in [1.82, 2.24) is 9.97 Å². The Bertz CT molecular complexity index is 1530. The molecule has 1 aromatic heterocycles. The van der Waals surface area contributed by atoms with Crippen LogP contribution in [0.2, 0.25) is 5.02 Å². The van der Waals surface area contributed by atoms with Gasteiger partial charge in [0.15, 0.2) is 0 Å². The largest absolute Gasteiger partial charge is 0.454 e. The maximum atomic E-state index is 12.9. The minimum Gasteiger partial charge on any atom is -0.454 e. The van der Waals surface area contributed by atoms with Crippen molar-refractivity contribution in [3.63, 3.8) is 0 Å². The van der Waals surface area contributed by atoms with E-state index in [-0.39, 0.29) is 28.4 Å². The van der Waals surface area contributed by atoms with E-state index in [4.69, 9.17) is 16.3 Å². The van der Waals surface area contributed by atoms with Gasteiger partial charge in [0.05, 0.1) is 27.0 Å². The average Bonchev–Trinajstić information content (AvgIpc) is 2.82. The van der Waals surface area contributed by atoms with E-state index in [1.807, 2.05) is 6.92 Å². The Labute approximate surface area is 200 Å². The Balaban J connectivity index is 1.46. The summed E-state index contributed by atoms with van der Waals surface area (Å²) in [4.78, 5) is 31.7. The smallest absolute Gasteiger partial charge is 0.338 e. The van der Waals surface area contributed by atoms with Crippen LogP contribution in [0.15, 0.2) is 76.4 Å². The third-order valence-electron chi connectivity index (χ3n) is 5.20. The molecular weight excluding hydrogens is 478 g/mol. The average molecular weight is 498 g/mol. The van der Waals surface area contributed by atoms with E-state index in [0.717, 1.165) is 9.87 Å². The summed E-state index contributed by atoms with van der Waals surface area (Å²) >= 11 is 5.96. The summed E-state index contributed by atoms with van der Waals surface area (Å²) in [6, 6.07) is 17.2. The SMILES string of the molecule is Cc1ccc(S(=O)(=O)N(C)c2ccc(C(=O)OCc3nc4cc(Cl)ccc4c(=O)[nH]3)cc2)cc1. The van der Waals surface area contributed by atoms with E-state index in [0.29, 0.717) is 21.6 Å². The van der Waals surface area contributed by atoms with Crippen molar-refractivity contribution in [3.05, 3.63) is 99.1 Å². The molecule has 0 fully saturated rings. The minimum absolute atomic E-state index is 0.169. The monoisotopic (exact) mass is 497 g/mol. The van der Waals surface area contributed by atoms with Crippen LogP contribution < -0.4 is 9.86 Å². The van der Waals surface area contributed by atoms with Crippen LogP contribution in [0.1, 0.15) is 21.7 Å². The number of nitrogens with one attached hydrogen (secondary N) is 1. The Morgan fingerprint density at radius 2 is 1.74 bits per heavy atom. The number of H-pyrrole nitrogens is 1. The molecule has 0 aliphatic rings. The zero-order valence-corrected chi connectivity index (χ0v) is 19.9. The van der Waals surface area contributed by atoms with Gasteiger partial charge in [-0.2, -0.15) is 0 Å². The molecule has 0 saturated carbocycles. The number of ether oxygens (including phenoxy) is 1. The lowest BCUT2D eigenvalue weighted by atomic mass is 10.2. The predicted molar refractivity (Wildman–Crippen MR) is 130 cm³/mol. The van der Waals surface area contributed by atoms with Gasteiger partial charge in [-0.15, -0.1) is 0 Å². The molecule has 4 aromatic rings. The number of aromatic nitrogens is 2. The number of carbonyl (C=O) groups is 1. The first-order valence-corrected chi connectivity index (χ1v) is 12.0. The third-order valence-corrected chi connectivity index (χ3v) is 7.24. The molecule has 0 unspecified atom stereocenters. The van der Waals surface area contributed by atoms with Crippen LogP contribution in [0, 0.1) is 6.92 Å². The number of sulfonamides is 1. The second-order valence-corrected chi connectivity index (χ2v) is 9.99. The molecular formula is C24H20ClN3O5S. The van der Waals surface area contributed by atoms with E-state index in [1.165, 1.54) is 31.3 Å². The number of rotatable bonds is 6. The molecule has 8 nitrogen and oxygen atoms in total. The summed E-state index contributed by atoms with van der Waals surface area (Å²) in [6.45, 7) is 1.63. The number of aromatic amines is 1. The molecule has 3 aromatic carbocycles. The predicted octanol–water partition coefficient (Wildman–Crippen LogP) is 4.07. The number of esters is 1. The van der Waals surface area contributed by atoms with Crippen molar-refractivity contribution >= 4 is 44.2 Å². The molecule has 0 aliphatic carbocycles. The van der Waals surface area contributed by atoms with Crippen LogP contribution in [0.25, 0.3) is 10.9 Å². The van der Waals surface area contributed by atoms with E-state index in [9.17, 15) is 18.0 Å². The number of halogens is 1. The van der Waals surface area contributed by atoms with Crippen molar-refractivity contribution in [2.24, 2.45) is 0 Å². The van der Waals surface area contributed by atoms with E-state index < -0.39 is 16.0 Å². The first-order chi connectivity index (χ1) is 16.1. The summed E-state index contributed by atoms with van der Waals surface area (Å²) in [5.74, 6) is -0.474. The molecule has 174 valence electrons. The highest BCUT2D eigenvalue weighted by Gasteiger charge is 2.21. The van der Waals surface area contributed by atoms with Crippen LogP contribution in [-0.4, -0.2) is 31.4 Å². The molecule has 34 heavy (non-hydrogen) atoms. The molecule has 0 radical (unpaired) electrons. The van der Waals surface area contributed by atoms with Gasteiger partial charge in [0.25, 0.3) is 15.6 Å². The van der Waals surface area contributed by atoms with Crippen LogP contribution in [0.4, 0.5) is 5.69 Å². The first-order valence-electron chi connectivity index (χ1n) is 10.2. The minimum atomic E-state index is -3.75. The van der Waals surface area contributed by atoms with Gasteiger partial charge in [-0.1, -0.05) is 29.3 Å². The van der Waals surface area contributed by atoms with Gasteiger partial charge in [0.1, 0.15) is 12.4 Å². The zero-order valence-electron chi connectivity index (χ0n) is 18.3. The maximum Gasteiger partial charge on any atom is 0.338 e. The Morgan fingerprint density at radius 1 is 1.06 bits per heavy atom. The first kappa shape index (κ1) is 23.5.